The van der Waals surface area contributed by atoms with Crippen LogP contribution in [0.5, 0.6) is 0 Å². The molecule has 1 aromatic rings. The highest BCUT2D eigenvalue weighted by Crippen LogP contribution is 2.32. The summed E-state index contributed by atoms with van der Waals surface area (Å²) in [5, 5.41) is 7.55. The predicted molar refractivity (Wildman–Crippen MR) is 68.1 cm³/mol. The lowest BCUT2D eigenvalue weighted by Gasteiger charge is -2.23. The minimum Gasteiger partial charge on any atom is -0.342 e. The zero-order valence-electron chi connectivity index (χ0n) is 11.0. The van der Waals surface area contributed by atoms with Crippen molar-refractivity contribution in [2.45, 2.75) is 24.8 Å². The molecule has 0 unspecified atom stereocenters. The molecule has 0 spiro atoms. The lowest BCUT2D eigenvalue weighted by molar-refractivity contribution is -0.134. The van der Waals surface area contributed by atoms with Gasteiger partial charge in [-0.3, -0.25) is 9.48 Å². The molecule has 1 aliphatic heterocycles. The molecule has 1 saturated heterocycles. The fourth-order valence-electron chi connectivity index (χ4n) is 2.82. The highest BCUT2D eigenvalue weighted by molar-refractivity contribution is 5.81. The van der Waals surface area contributed by atoms with Crippen LogP contribution in [0.25, 0.3) is 0 Å². The molecule has 1 N–H and O–H groups in total. The zero-order valence-corrected chi connectivity index (χ0v) is 11.0. The minimum atomic E-state index is 0.0693. The van der Waals surface area contributed by atoms with E-state index in [1.54, 1.807) is 4.68 Å². The lowest BCUT2D eigenvalue weighted by Crippen LogP contribution is -2.37. The fourth-order valence-corrected chi connectivity index (χ4v) is 2.82. The molecule has 98 valence electrons. The largest absolute Gasteiger partial charge is 0.342 e. The summed E-state index contributed by atoms with van der Waals surface area (Å²) in [6.45, 7) is 1.66. The maximum atomic E-state index is 12.5. The van der Waals surface area contributed by atoms with Crippen molar-refractivity contribution < 1.29 is 4.79 Å². The van der Waals surface area contributed by atoms with E-state index in [4.69, 9.17) is 0 Å². The SMILES string of the molecule is CN(C(=O)[C@H]1CNC[C@@H]1c1cnn(C)c1)C1CC1. The van der Waals surface area contributed by atoms with Crippen LogP contribution in [-0.2, 0) is 11.8 Å². The molecule has 2 aliphatic rings. The first-order valence-corrected chi connectivity index (χ1v) is 6.62. The Kier molecular flexibility index (Phi) is 2.86. The van der Waals surface area contributed by atoms with E-state index >= 15 is 0 Å². The van der Waals surface area contributed by atoms with Gasteiger partial charge in [0.2, 0.25) is 5.91 Å². The van der Waals surface area contributed by atoms with Crippen LogP contribution < -0.4 is 5.32 Å². The van der Waals surface area contributed by atoms with Crippen LogP contribution >= 0.6 is 0 Å². The van der Waals surface area contributed by atoms with Gasteiger partial charge in [-0.1, -0.05) is 0 Å². The van der Waals surface area contributed by atoms with Crippen LogP contribution in [0, 0.1) is 5.92 Å². The van der Waals surface area contributed by atoms with Gasteiger partial charge < -0.3 is 10.2 Å². The first-order chi connectivity index (χ1) is 8.66. The van der Waals surface area contributed by atoms with Crippen molar-refractivity contribution >= 4 is 5.91 Å². The van der Waals surface area contributed by atoms with E-state index in [0.717, 1.165) is 13.1 Å². The summed E-state index contributed by atoms with van der Waals surface area (Å²) >= 11 is 0. The summed E-state index contributed by atoms with van der Waals surface area (Å²) in [7, 11) is 3.86. The molecule has 3 rings (SSSR count). The average molecular weight is 248 g/mol. The van der Waals surface area contributed by atoms with Gasteiger partial charge in [0.15, 0.2) is 0 Å². The molecule has 5 nitrogen and oxygen atoms in total. The van der Waals surface area contributed by atoms with Crippen LogP contribution in [0.2, 0.25) is 0 Å². The van der Waals surface area contributed by atoms with Crippen molar-refractivity contribution in [2.75, 3.05) is 20.1 Å². The van der Waals surface area contributed by atoms with Crippen molar-refractivity contribution in [3.8, 4) is 0 Å². The maximum Gasteiger partial charge on any atom is 0.227 e. The highest BCUT2D eigenvalue weighted by Gasteiger charge is 2.39. The maximum absolute atomic E-state index is 12.5. The molecule has 0 aromatic carbocycles. The van der Waals surface area contributed by atoms with Crippen LogP contribution in [0.1, 0.15) is 24.3 Å². The van der Waals surface area contributed by atoms with Crippen molar-refractivity contribution in [3.63, 3.8) is 0 Å². The van der Waals surface area contributed by atoms with Crippen molar-refractivity contribution in [1.29, 1.82) is 0 Å². The summed E-state index contributed by atoms with van der Waals surface area (Å²) in [4.78, 5) is 14.4. The quantitative estimate of drug-likeness (QED) is 0.839. The molecular weight excluding hydrogens is 228 g/mol. The number of aromatic nitrogens is 2. The molecule has 2 fully saturated rings. The molecule has 0 bridgehead atoms. The van der Waals surface area contributed by atoms with Gasteiger partial charge in [-0.2, -0.15) is 5.10 Å². The molecule has 18 heavy (non-hydrogen) atoms. The van der Waals surface area contributed by atoms with Gasteiger partial charge in [0, 0.05) is 45.3 Å². The zero-order chi connectivity index (χ0) is 12.7. The average Bonchev–Trinajstić information content (AvgIpc) is 2.93. The summed E-state index contributed by atoms with van der Waals surface area (Å²) in [6.07, 6.45) is 6.24. The third-order valence-electron chi connectivity index (χ3n) is 4.13. The minimum absolute atomic E-state index is 0.0693. The number of carbonyl (C=O) groups is 1. The standard InChI is InChI=1S/C13H20N4O/c1-16-8-9(5-15-16)11-6-14-7-12(11)13(18)17(2)10-3-4-10/h5,8,10-12,14H,3-4,6-7H2,1-2H3/t11-,12+/m1/s1. The Hall–Kier alpha value is -1.36. The number of hydrogen-bond acceptors (Lipinski definition) is 3. The van der Waals surface area contributed by atoms with Crippen LogP contribution in [-0.4, -0.2) is 46.8 Å². The number of rotatable bonds is 3. The number of carbonyl (C=O) groups excluding carboxylic acids is 1. The number of nitrogens with zero attached hydrogens (tertiary/aromatic N) is 3. The van der Waals surface area contributed by atoms with E-state index in [1.807, 2.05) is 31.4 Å². The van der Waals surface area contributed by atoms with Crippen molar-refractivity contribution in [2.24, 2.45) is 13.0 Å². The molecule has 5 heteroatoms. The summed E-state index contributed by atoms with van der Waals surface area (Å²) < 4.78 is 1.81. The summed E-state index contributed by atoms with van der Waals surface area (Å²) in [5.41, 5.74) is 1.17. The van der Waals surface area contributed by atoms with Crippen LogP contribution in [0.15, 0.2) is 12.4 Å². The van der Waals surface area contributed by atoms with Gasteiger partial charge in [-0.15, -0.1) is 0 Å². The second-order valence-electron chi connectivity index (χ2n) is 5.50. The van der Waals surface area contributed by atoms with Gasteiger partial charge in [-0.25, -0.2) is 0 Å². The van der Waals surface area contributed by atoms with Gasteiger partial charge in [0.05, 0.1) is 12.1 Å². The Balaban J connectivity index is 1.76. The van der Waals surface area contributed by atoms with Gasteiger partial charge in [-0.05, 0) is 18.4 Å². The Morgan fingerprint density at radius 3 is 2.89 bits per heavy atom. The number of nitrogens with one attached hydrogen (secondary N) is 1. The molecule has 2 heterocycles. The number of amides is 1. The van der Waals surface area contributed by atoms with Crippen molar-refractivity contribution in [1.82, 2.24) is 20.0 Å². The van der Waals surface area contributed by atoms with E-state index in [2.05, 4.69) is 10.4 Å². The third-order valence-corrected chi connectivity index (χ3v) is 4.13. The van der Waals surface area contributed by atoms with Crippen LogP contribution in [0.4, 0.5) is 0 Å². The van der Waals surface area contributed by atoms with Gasteiger partial charge >= 0.3 is 0 Å². The number of hydrogen-bond donors (Lipinski definition) is 1. The Labute approximate surface area is 107 Å². The monoisotopic (exact) mass is 248 g/mol. The lowest BCUT2D eigenvalue weighted by atomic mass is 9.90. The fraction of sp³-hybridized carbons (Fsp3) is 0.692. The Morgan fingerprint density at radius 1 is 1.50 bits per heavy atom. The van der Waals surface area contributed by atoms with E-state index in [1.165, 1.54) is 18.4 Å². The summed E-state index contributed by atoms with van der Waals surface area (Å²) in [6, 6.07) is 0.493. The van der Waals surface area contributed by atoms with E-state index in [0.29, 0.717) is 6.04 Å². The second kappa shape index (κ2) is 4.39. The normalized spacial score (nSPS) is 27.4. The van der Waals surface area contributed by atoms with Gasteiger partial charge in [0.1, 0.15) is 0 Å². The molecule has 1 amide bonds. The van der Waals surface area contributed by atoms with E-state index < -0.39 is 0 Å². The van der Waals surface area contributed by atoms with E-state index in [-0.39, 0.29) is 17.7 Å². The second-order valence-corrected chi connectivity index (χ2v) is 5.50. The van der Waals surface area contributed by atoms with Gasteiger partial charge in [0.25, 0.3) is 0 Å². The van der Waals surface area contributed by atoms with Crippen molar-refractivity contribution in [3.05, 3.63) is 18.0 Å². The molecule has 1 aliphatic carbocycles. The molecule has 0 radical (unpaired) electrons. The first-order valence-electron chi connectivity index (χ1n) is 6.62. The predicted octanol–water partition coefficient (Wildman–Crippen LogP) is 0.344. The third kappa shape index (κ3) is 2.03. The molecule has 2 atom stereocenters. The smallest absolute Gasteiger partial charge is 0.227 e. The Morgan fingerprint density at radius 2 is 2.28 bits per heavy atom. The Bertz CT molecular complexity index is 452. The highest BCUT2D eigenvalue weighted by atomic mass is 16.2. The summed E-state index contributed by atoms with van der Waals surface area (Å²) in [5.74, 6) is 0.628. The van der Waals surface area contributed by atoms with Crippen LogP contribution in [0.3, 0.4) is 0 Å². The topological polar surface area (TPSA) is 50.2 Å². The van der Waals surface area contributed by atoms with E-state index in [9.17, 15) is 4.79 Å². The molecular formula is C13H20N4O. The molecule has 1 saturated carbocycles. The molecule has 1 aromatic heterocycles. The first kappa shape index (κ1) is 11.7. The number of aryl methyl sites for hydroxylation is 1.